The van der Waals surface area contributed by atoms with E-state index in [1.54, 1.807) is 4.90 Å². The first-order valence-electron chi connectivity index (χ1n) is 10.2. The van der Waals surface area contributed by atoms with Crippen LogP contribution in [0.25, 0.3) is 10.2 Å². The van der Waals surface area contributed by atoms with Gasteiger partial charge in [0.15, 0.2) is 0 Å². The van der Waals surface area contributed by atoms with Gasteiger partial charge in [0, 0.05) is 23.5 Å². The fourth-order valence-electron chi connectivity index (χ4n) is 3.61. The topological polar surface area (TPSA) is 79.1 Å². The lowest BCUT2D eigenvalue weighted by molar-refractivity contribution is 0.0991. The first-order chi connectivity index (χ1) is 14.5. The number of hydrogen-bond acceptors (Lipinski definition) is 6. The lowest BCUT2D eigenvalue weighted by atomic mass is 10.1. The number of amides is 1. The normalized spacial score (nSPS) is 13.3. The van der Waals surface area contributed by atoms with Crippen LogP contribution in [0.3, 0.4) is 0 Å². The highest BCUT2D eigenvalue weighted by Crippen LogP contribution is 2.40. The standard InChI is InChI=1S/C23H24N4O2S/c1-4-29-18-10-8-17(9-11-18)27(13-5-12-24)23(28)20-14(2)19-15(3)25-21(16-6-7-16)26-22(19)30-20/h8-11,16H,4-7,13H2,1-3H3. The van der Waals surface area contributed by atoms with E-state index in [1.165, 1.54) is 11.3 Å². The van der Waals surface area contributed by atoms with Gasteiger partial charge in [0.05, 0.1) is 29.7 Å². The molecule has 2 heterocycles. The van der Waals surface area contributed by atoms with Crippen molar-refractivity contribution in [3.05, 3.63) is 46.2 Å². The molecule has 0 N–H and O–H groups in total. The van der Waals surface area contributed by atoms with Crippen LogP contribution in [-0.2, 0) is 0 Å². The fourth-order valence-corrected chi connectivity index (χ4v) is 4.80. The van der Waals surface area contributed by atoms with Crippen LogP contribution in [-0.4, -0.2) is 29.0 Å². The number of aryl methyl sites for hydroxylation is 2. The summed E-state index contributed by atoms with van der Waals surface area (Å²) in [6.07, 6.45) is 2.54. The summed E-state index contributed by atoms with van der Waals surface area (Å²) in [6, 6.07) is 9.56. The molecule has 2 aromatic heterocycles. The molecule has 1 saturated carbocycles. The molecule has 6 nitrogen and oxygen atoms in total. The highest BCUT2D eigenvalue weighted by Gasteiger charge is 2.29. The maximum Gasteiger partial charge on any atom is 0.268 e. The Hall–Kier alpha value is -2.98. The van der Waals surface area contributed by atoms with Gasteiger partial charge in [-0.3, -0.25) is 4.79 Å². The molecule has 0 bridgehead atoms. The largest absolute Gasteiger partial charge is 0.494 e. The third kappa shape index (κ3) is 3.88. The zero-order valence-electron chi connectivity index (χ0n) is 17.4. The van der Waals surface area contributed by atoms with E-state index in [-0.39, 0.29) is 12.3 Å². The average molecular weight is 421 g/mol. The molecule has 1 aromatic carbocycles. The zero-order valence-corrected chi connectivity index (χ0v) is 18.3. The summed E-state index contributed by atoms with van der Waals surface area (Å²) in [5, 5.41) is 10.1. The molecule has 7 heteroatoms. The Bertz CT molecular complexity index is 1130. The molecular weight excluding hydrogens is 396 g/mol. The van der Waals surface area contributed by atoms with Crippen molar-refractivity contribution >= 4 is 33.1 Å². The van der Waals surface area contributed by atoms with Crippen LogP contribution in [0.2, 0.25) is 0 Å². The van der Waals surface area contributed by atoms with Crippen LogP contribution in [0.15, 0.2) is 24.3 Å². The van der Waals surface area contributed by atoms with Crippen molar-refractivity contribution in [2.24, 2.45) is 0 Å². The molecule has 0 radical (unpaired) electrons. The number of hydrogen-bond donors (Lipinski definition) is 0. The lowest BCUT2D eigenvalue weighted by Crippen LogP contribution is -2.31. The summed E-state index contributed by atoms with van der Waals surface area (Å²) in [7, 11) is 0. The monoisotopic (exact) mass is 420 g/mol. The number of thiophene rings is 1. The van der Waals surface area contributed by atoms with Gasteiger partial charge in [0.25, 0.3) is 5.91 Å². The van der Waals surface area contributed by atoms with Crippen LogP contribution in [0.4, 0.5) is 5.69 Å². The molecule has 3 aromatic rings. The third-order valence-electron chi connectivity index (χ3n) is 5.28. The van der Waals surface area contributed by atoms with Crippen LogP contribution in [0.1, 0.15) is 58.9 Å². The number of fused-ring (bicyclic) bond motifs is 1. The van der Waals surface area contributed by atoms with Gasteiger partial charge in [0.1, 0.15) is 16.4 Å². The molecule has 1 aliphatic carbocycles. The number of carbonyl (C=O) groups excluding carboxylic acids is 1. The van der Waals surface area contributed by atoms with E-state index in [0.717, 1.165) is 51.6 Å². The van der Waals surface area contributed by atoms with Crippen molar-refractivity contribution in [2.75, 3.05) is 18.1 Å². The predicted molar refractivity (Wildman–Crippen MR) is 118 cm³/mol. The molecule has 0 spiro atoms. The Labute approximate surface area is 180 Å². The van der Waals surface area contributed by atoms with Gasteiger partial charge in [0.2, 0.25) is 0 Å². The number of rotatable bonds is 7. The van der Waals surface area contributed by atoms with Crippen molar-refractivity contribution in [3.63, 3.8) is 0 Å². The van der Waals surface area contributed by atoms with E-state index in [0.29, 0.717) is 23.9 Å². The highest BCUT2D eigenvalue weighted by molar-refractivity contribution is 7.20. The summed E-state index contributed by atoms with van der Waals surface area (Å²) in [5.74, 6) is 2.01. The van der Waals surface area contributed by atoms with E-state index in [2.05, 4.69) is 6.07 Å². The Morgan fingerprint density at radius 1 is 1.27 bits per heavy atom. The molecule has 154 valence electrons. The number of benzene rings is 1. The van der Waals surface area contributed by atoms with Crippen molar-refractivity contribution in [1.82, 2.24) is 9.97 Å². The second-order valence-electron chi connectivity index (χ2n) is 7.47. The van der Waals surface area contributed by atoms with Gasteiger partial charge in [-0.25, -0.2) is 9.97 Å². The summed E-state index contributed by atoms with van der Waals surface area (Å²) >= 11 is 1.42. The highest BCUT2D eigenvalue weighted by atomic mass is 32.1. The van der Waals surface area contributed by atoms with E-state index in [1.807, 2.05) is 45.0 Å². The summed E-state index contributed by atoms with van der Waals surface area (Å²) in [4.78, 5) is 26.2. The van der Waals surface area contributed by atoms with Gasteiger partial charge in [-0.15, -0.1) is 11.3 Å². The maximum atomic E-state index is 13.5. The van der Waals surface area contributed by atoms with Crippen molar-refractivity contribution < 1.29 is 9.53 Å². The number of nitrogens with zero attached hydrogens (tertiary/aromatic N) is 4. The molecule has 1 fully saturated rings. The van der Waals surface area contributed by atoms with Crippen LogP contribution in [0, 0.1) is 25.2 Å². The Morgan fingerprint density at radius 2 is 2.00 bits per heavy atom. The minimum absolute atomic E-state index is 0.109. The molecule has 30 heavy (non-hydrogen) atoms. The second-order valence-corrected chi connectivity index (χ2v) is 8.47. The minimum Gasteiger partial charge on any atom is -0.494 e. The quantitative estimate of drug-likeness (QED) is 0.528. The SMILES string of the molecule is CCOc1ccc(N(CCC#N)C(=O)c2sc3nc(C4CC4)nc(C)c3c2C)cc1. The Balaban J connectivity index is 1.71. The number of carbonyl (C=O) groups is 1. The van der Waals surface area contributed by atoms with Crippen molar-refractivity contribution in [2.45, 2.75) is 46.0 Å². The van der Waals surface area contributed by atoms with E-state index >= 15 is 0 Å². The van der Waals surface area contributed by atoms with Crippen LogP contribution >= 0.6 is 11.3 Å². The molecular formula is C23H24N4O2S. The number of ether oxygens (including phenoxy) is 1. The van der Waals surface area contributed by atoms with Gasteiger partial charge in [-0.1, -0.05) is 0 Å². The molecule has 1 aliphatic rings. The first-order valence-corrected chi connectivity index (χ1v) is 11.0. The van der Waals surface area contributed by atoms with Gasteiger partial charge >= 0.3 is 0 Å². The van der Waals surface area contributed by atoms with Crippen molar-refractivity contribution in [1.29, 1.82) is 5.26 Å². The van der Waals surface area contributed by atoms with E-state index < -0.39 is 0 Å². The van der Waals surface area contributed by atoms with Gasteiger partial charge in [-0.05, 0) is 63.4 Å². The minimum atomic E-state index is -0.109. The molecule has 0 unspecified atom stereocenters. The van der Waals surface area contributed by atoms with Crippen LogP contribution in [0.5, 0.6) is 5.75 Å². The Kier molecular flexibility index (Phi) is 5.69. The summed E-state index contributed by atoms with van der Waals surface area (Å²) < 4.78 is 5.51. The van der Waals surface area contributed by atoms with Gasteiger partial charge < -0.3 is 9.64 Å². The maximum absolute atomic E-state index is 13.5. The predicted octanol–water partition coefficient (Wildman–Crippen LogP) is 5.14. The first kappa shape index (κ1) is 20.3. The number of anilines is 1. The zero-order chi connectivity index (χ0) is 21.3. The molecule has 0 aliphatic heterocycles. The molecule has 0 atom stereocenters. The fraction of sp³-hybridized carbons (Fsp3) is 0.391. The lowest BCUT2D eigenvalue weighted by Gasteiger charge is -2.22. The second kappa shape index (κ2) is 8.41. The summed E-state index contributed by atoms with van der Waals surface area (Å²) in [6.45, 7) is 6.79. The van der Waals surface area contributed by atoms with Gasteiger partial charge in [-0.2, -0.15) is 5.26 Å². The number of nitriles is 1. The smallest absolute Gasteiger partial charge is 0.268 e. The molecule has 0 saturated heterocycles. The summed E-state index contributed by atoms with van der Waals surface area (Å²) in [5.41, 5.74) is 2.59. The third-order valence-corrected chi connectivity index (χ3v) is 6.45. The van der Waals surface area contributed by atoms with Crippen molar-refractivity contribution in [3.8, 4) is 11.8 Å². The van der Waals surface area contributed by atoms with E-state index in [4.69, 9.17) is 20.0 Å². The molecule has 1 amide bonds. The average Bonchev–Trinajstić information content (AvgIpc) is 3.53. The van der Waals surface area contributed by atoms with E-state index in [9.17, 15) is 4.79 Å². The van der Waals surface area contributed by atoms with Crippen LogP contribution < -0.4 is 9.64 Å². The Morgan fingerprint density at radius 3 is 2.63 bits per heavy atom. The molecule has 4 rings (SSSR count). The number of aromatic nitrogens is 2.